The lowest BCUT2D eigenvalue weighted by Crippen LogP contribution is -2.37. The van der Waals surface area contributed by atoms with Gasteiger partial charge in [-0.2, -0.15) is 0 Å². The Bertz CT molecular complexity index is 522. The predicted octanol–water partition coefficient (Wildman–Crippen LogP) is 1.25. The molecule has 0 radical (unpaired) electrons. The maximum absolute atomic E-state index is 11.9. The highest BCUT2D eigenvalue weighted by Crippen LogP contribution is 2.12. The molecule has 0 aliphatic carbocycles. The van der Waals surface area contributed by atoms with Crippen molar-refractivity contribution in [3.63, 3.8) is 0 Å². The summed E-state index contributed by atoms with van der Waals surface area (Å²) < 4.78 is 27.5. The third kappa shape index (κ3) is 5.74. The summed E-state index contributed by atoms with van der Waals surface area (Å²) in [7, 11) is -3.10. The molecule has 0 saturated carbocycles. The molecule has 1 aromatic rings. The minimum absolute atomic E-state index is 0.0736. The number of ether oxygens (including phenoxy) is 1. The number of hydrogen-bond acceptors (Lipinski definition) is 4. The Kier molecular flexibility index (Phi) is 5.35. The van der Waals surface area contributed by atoms with Gasteiger partial charge in [-0.25, -0.2) is 8.42 Å². The zero-order valence-electron chi connectivity index (χ0n) is 11.3. The highest BCUT2D eigenvalue weighted by atomic mass is 32.2. The first-order chi connectivity index (χ1) is 8.81. The van der Waals surface area contributed by atoms with Gasteiger partial charge in [0.1, 0.15) is 15.6 Å². The summed E-state index contributed by atoms with van der Waals surface area (Å²) >= 11 is 0. The van der Waals surface area contributed by atoms with Crippen LogP contribution in [0, 0.1) is 0 Å². The predicted molar refractivity (Wildman–Crippen MR) is 74.3 cm³/mol. The van der Waals surface area contributed by atoms with Crippen molar-refractivity contribution in [2.75, 3.05) is 18.6 Å². The molecule has 1 aromatic carbocycles. The number of rotatable bonds is 6. The maximum Gasteiger partial charge on any atom is 0.251 e. The largest absolute Gasteiger partial charge is 0.494 e. The zero-order chi connectivity index (χ0) is 14.5. The van der Waals surface area contributed by atoms with E-state index in [2.05, 4.69) is 5.32 Å². The summed E-state index contributed by atoms with van der Waals surface area (Å²) in [6.45, 7) is 4.11. The van der Waals surface area contributed by atoms with Gasteiger partial charge in [0.05, 0.1) is 12.4 Å². The van der Waals surface area contributed by atoms with Crippen molar-refractivity contribution in [1.82, 2.24) is 5.32 Å². The number of hydrogen-bond donors (Lipinski definition) is 1. The van der Waals surface area contributed by atoms with Crippen LogP contribution >= 0.6 is 0 Å². The monoisotopic (exact) mass is 285 g/mol. The van der Waals surface area contributed by atoms with Crippen LogP contribution in [-0.2, 0) is 9.84 Å². The average molecular weight is 285 g/mol. The summed E-state index contributed by atoms with van der Waals surface area (Å²) in [6.07, 6.45) is 1.15. The van der Waals surface area contributed by atoms with Crippen LogP contribution in [0.25, 0.3) is 0 Å². The maximum atomic E-state index is 11.9. The van der Waals surface area contributed by atoms with E-state index in [-0.39, 0.29) is 11.7 Å². The molecule has 0 spiro atoms. The van der Waals surface area contributed by atoms with Crippen LogP contribution in [0.1, 0.15) is 24.2 Å². The molecule has 106 valence electrons. The van der Waals surface area contributed by atoms with Crippen molar-refractivity contribution in [2.45, 2.75) is 19.9 Å². The normalized spacial score (nSPS) is 12.8. The van der Waals surface area contributed by atoms with Crippen LogP contribution in [0.5, 0.6) is 5.75 Å². The standard InChI is InChI=1S/C13H19NO4S/c1-4-18-12-7-5-11(6-8-12)13(15)14-10(2)9-19(3,16)17/h5-8,10H,4,9H2,1-3H3,(H,14,15). The van der Waals surface area contributed by atoms with Gasteiger partial charge < -0.3 is 10.1 Å². The second-order valence-corrected chi connectivity index (χ2v) is 6.61. The molecule has 1 unspecified atom stereocenters. The minimum atomic E-state index is -3.10. The fourth-order valence-corrected chi connectivity index (χ4v) is 2.66. The Morgan fingerprint density at radius 2 is 1.89 bits per heavy atom. The summed E-state index contributed by atoms with van der Waals surface area (Å²) in [5.41, 5.74) is 0.476. The smallest absolute Gasteiger partial charge is 0.251 e. The van der Waals surface area contributed by atoms with Crippen LogP contribution in [0.2, 0.25) is 0 Å². The molecule has 6 heteroatoms. The molecule has 0 aliphatic heterocycles. The van der Waals surface area contributed by atoms with Crippen molar-refractivity contribution >= 4 is 15.7 Å². The molecule has 1 rings (SSSR count). The van der Waals surface area contributed by atoms with Crippen LogP contribution in [0.15, 0.2) is 24.3 Å². The molecular formula is C13H19NO4S. The Morgan fingerprint density at radius 3 is 2.37 bits per heavy atom. The molecule has 0 fully saturated rings. The van der Waals surface area contributed by atoms with Gasteiger partial charge in [-0.3, -0.25) is 4.79 Å². The molecule has 0 saturated heterocycles. The van der Waals surface area contributed by atoms with Crippen molar-refractivity contribution in [3.8, 4) is 5.75 Å². The average Bonchev–Trinajstić information content (AvgIpc) is 2.27. The Labute approximate surface area is 113 Å². The first kappa shape index (κ1) is 15.5. The lowest BCUT2D eigenvalue weighted by atomic mass is 10.2. The fourth-order valence-electron chi connectivity index (χ4n) is 1.67. The quantitative estimate of drug-likeness (QED) is 0.853. The third-order valence-electron chi connectivity index (χ3n) is 2.36. The zero-order valence-corrected chi connectivity index (χ0v) is 12.2. The van der Waals surface area contributed by atoms with Crippen LogP contribution < -0.4 is 10.1 Å². The second kappa shape index (κ2) is 6.56. The Morgan fingerprint density at radius 1 is 1.32 bits per heavy atom. The first-order valence-electron chi connectivity index (χ1n) is 6.03. The van der Waals surface area contributed by atoms with E-state index in [1.807, 2.05) is 6.92 Å². The number of nitrogens with one attached hydrogen (secondary N) is 1. The molecular weight excluding hydrogens is 266 g/mol. The van der Waals surface area contributed by atoms with E-state index in [4.69, 9.17) is 4.74 Å². The number of sulfone groups is 1. The topological polar surface area (TPSA) is 72.5 Å². The van der Waals surface area contributed by atoms with Gasteiger partial charge in [0.15, 0.2) is 0 Å². The first-order valence-corrected chi connectivity index (χ1v) is 8.09. The molecule has 0 bridgehead atoms. The Hall–Kier alpha value is -1.56. The molecule has 0 heterocycles. The molecule has 1 atom stereocenters. The summed E-state index contributed by atoms with van der Waals surface area (Å²) in [4.78, 5) is 11.9. The highest BCUT2D eigenvalue weighted by Gasteiger charge is 2.14. The fraction of sp³-hybridized carbons (Fsp3) is 0.462. The van der Waals surface area contributed by atoms with Gasteiger partial charge in [0.25, 0.3) is 5.91 Å². The Balaban J connectivity index is 2.63. The van der Waals surface area contributed by atoms with E-state index in [9.17, 15) is 13.2 Å². The molecule has 5 nitrogen and oxygen atoms in total. The number of carbonyl (C=O) groups excluding carboxylic acids is 1. The van der Waals surface area contributed by atoms with Crippen LogP contribution in [0.4, 0.5) is 0 Å². The van der Waals surface area contributed by atoms with Crippen molar-refractivity contribution in [3.05, 3.63) is 29.8 Å². The van der Waals surface area contributed by atoms with Gasteiger partial charge in [-0.1, -0.05) is 0 Å². The summed E-state index contributed by atoms with van der Waals surface area (Å²) in [5, 5.41) is 2.65. The highest BCUT2D eigenvalue weighted by molar-refractivity contribution is 7.90. The van der Waals surface area contributed by atoms with E-state index in [1.54, 1.807) is 31.2 Å². The van der Waals surface area contributed by atoms with Gasteiger partial charge in [0.2, 0.25) is 0 Å². The summed E-state index contributed by atoms with van der Waals surface area (Å²) in [5.74, 6) is 0.331. The van der Waals surface area contributed by atoms with Crippen molar-refractivity contribution in [1.29, 1.82) is 0 Å². The molecule has 0 aliphatic rings. The van der Waals surface area contributed by atoms with Gasteiger partial charge >= 0.3 is 0 Å². The minimum Gasteiger partial charge on any atom is -0.494 e. The van der Waals surface area contributed by atoms with E-state index >= 15 is 0 Å². The molecule has 1 amide bonds. The van der Waals surface area contributed by atoms with E-state index < -0.39 is 15.9 Å². The van der Waals surface area contributed by atoms with E-state index in [0.717, 1.165) is 6.26 Å². The lowest BCUT2D eigenvalue weighted by molar-refractivity contribution is 0.0943. The third-order valence-corrected chi connectivity index (χ3v) is 3.46. The van der Waals surface area contributed by atoms with Crippen LogP contribution in [0.3, 0.4) is 0 Å². The van der Waals surface area contributed by atoms with Gasteiger partial charge in [-0.15, -0.1) is 0 Å². The number of carbonyl (C=O) groups is 1. The van der Waals surface area contributed by atoms with E-state index in [1.165, 1.54) is 0 Å². The molecule has 19 heavy (non-hydrogen) atoms. The van der Waals surface area contributed by atoms with Crippen LogP contribution in [-0.4, -0.2) is 39.0 Å². The van der Waals surface area contributed by atoms with Crippen molar-refractivity contribution < 1.29 is 17.9 Å². The number of benzene rings is 1. The molecule has 1 N–H and O–H groups in total. The van der Waals surface area contributed by atoms with Gasteiger partial charge in [-0.05, 0) is 38.1 Å². The molecule has 0 aromatic heterocycles. The number of amides is 1. The second-order valence-electron chi connectivity index (χ2n) is 4.42. The van der Waals surface area contributed by atoms with E-state index in [0.29, 0.717) is 17.9 Å². The summed E-state index contributed by atoms with van der Waals surface area (Å²) in [6, 6.07) is 6.29. The lowest BCUT2D eigenvalue weighted by Gasteiger charge is -2.13. The SMILES string of the molecule is CCOc1ccc(C(=O)NC(C)CS(C)(=O)=O)cc1. The van der Waals surface area contributed by atoms with Gasteiger partial charge in [0, 0.05) is 17.9 Å². The van der Waals surface area contributed by atoms with Crippen molar-refractivity contribution in [2.24, 2.45) is 0 Å².